The van der Waals surface area contributed by atoms with Crippen LogP contribution < -0.4 is 10.1 Å². The summed E-state index contributed by atoms with van der Waals surface area (Å²) in [5, 5.41) is 3.53. The minimum absolute atomic E-state index is 0.0754. The molecule has 2 aromatic heterocycles. The predicted octanol–water partition coefficient (Wildman–Crippen LogP) is 8.58. The molecule has 0 bridgehead atoms. The number of hydrogen-bond donors (Lipinski definition) is 1. The molecule has 0 fully saturated rings. The summed E-state index contributed by atoms with van der Waals surface area (Å²) in [5.41, 5.74) is 1.82. The number of nitrogens with zero attached hydrogens (tertiary/aromatic N) is 3. The average Bonchev–Trinajstić information content (AvgIpc) is 3.33. The molecule has 1 unspecified atom stereocenters. The van der Waals surface area contributed by atoms with Crippen LogP contribution in [0.2, 0.25) is 0 Å². The zero-order valence-corrected chi connectivity index (χ0v) is 24.3. The summed E-state index contributed by atoms with van der Waals surface area (Å²) in [6.07, 6.45) is 6.84. The van der Waals surface area contributed by atoms with Crippen molar-refractivity contribution < 1.29 is 19.1 Å². The molecule has 212 valence electrons. The Kier molecular flexibility index (Phi) is 10.8. The molecule has 40 heavy (non-hydrogen) atoms. The molecule has 0 spiro atoms. The molecule has 1 N–H and O–H groups in total. The first-order valence-electron chi connectivity index (χ1n) is 13.9. The van der Waals surface area contributed by atoms with E-state index in [0.717, 1.165) is 36.0 Å². The van der Waals surface area contributed by atoms with Crippen molar-refractivity contribution in [2.75, 3.05) is 5.32 Å². The number of aromatic nitrogens is 3. The molecule has 8 nitrogen and oxygen atoms in total. The van der Waals surface area contributed by atoms with Gasteiger partial charge in [-0.2, -0.15) is 0 Å². The number of para-hydroxylation sites is 1. The quantitative estimate of drug-likeness (QED) is 0.201. The third-order valence-corrected chi connectivity index (χ3v) is 6.01. The number of ether oxygens (including phenoxy) is 2. The number of benzene rings is 2. The summed E-state index contributed by atoms with van der Waals surface area (Å²) in [5.74, 6) is 1.84. The Morgan fingerprint density at radius 1 is 1.00 bits per heavy atom. The molecule has 2 heterocycles. The van der Waals surface area contributed by atoms with Crippen molar-refractivity contribution >= 4 is 29.2 Å². The fourth-order valence-corrected chi connectivity index (χ4v) is 4.42. The molecule has 0 aliphatic rings. The molecule has 0 saturated carbocycles. The van der Waals surface area contributed by atoms with Crippen LogP contribution in [0.25, 0.3) is 22.2 Å². The van der Waals surface area contributed by atoms with Crippen LogP contribution in [0.1, 0.15) is 73.3 Å². The largest absolute Gasteiger partial charge is 0.457 e. The van der Waals surface area contributed by atoms with Gasteiger partial charge in [0.1, 0.15) is 41.2 Å². The predicted molar refractivity (Wildman–Crippen MR) is 160 cm³/mol. The van der Waals surface area contributed by atoms with Crippen molar-refractivity contribution in [1.29, 1.82) is 0 Å². The molecule has 2 aromatic carbocycles. The fourth-order valence-electron chi connectivity index (χ4n) is 4.42. The number of rotatable bonds is 10. The molecular weight excluding hydrogens is 504 g/mol. The van der Waals surface area contributed by atoms with E-state index < -0.39 is 11.7 Å². The number of anilines is 1. The van der Waals surface area contributed by atoms with Gasteiger partial charge in [-0.05, 0) is 63.4 Å². The Morgan fingerprint density at radius 3 is 2.30 bits per heavy atom. The van der Waals surface area contributed by atoms with Gasteiger partial charge in [0, 0.05) is 24.2 Å². The smallest absolute Gasteiger partial charge is 0.413 e. The lowest BCUT2D eigenvalue weighted by atomic mass is 10.1. The molecule has 4 rings (SSSR count). The van der Waals surface area contributed by atoms with Gasteiger partial charge in [-0.1, -0.05) is 57.5 Å². The van der Waals surface area contributed by atoms with Crippen molar-refractivity contribution in [3.63, 3.8) is 0 Å². The Bertz CT molecular complexity index is 1380. The first-order chi connectivity index (χ1) is 19.3. The van der Waals surface area contributed by atoms with E-state index in [-0.39, 0.29) is 6.04 Å². The second-order valence-corrected chi connectivity index (χ2v) is 10.1. The second kappa shape index (κ2) is 14.3. The Balaban J connectivity index is 0.00000216. The Morgan fingerprint density at radius 2 is 1.68 bits per heavy atom. The topological polar surface area (TPSA) is 95.3 Å². The summed E-state index contributed by atoms with van der Waals surface area (Å²) in [6, 6.07) is 17.4. The summed E-state index contributed by atoms with van der Waals surface area (Å²) < 4.78 is 13.5. The van der Waals surface area contributed by atoms with Gasteiger partial charge in [0.05, 0.1) is 5.39 Å². The highest BCUT2D eigenvalue weighted by molar-refractivity contribution is 6.05. The fraction of sp³-hybridized carbons (Fsp3) is 0.375. The molecule has 4 aromatic rings. The zero-order valence-electron chi connectivity index (χ0n) is 24.3. The number of nitrogens with one attached hydrogen (secondary N) is 1. The Labute approximate surface area is 236 Å². The summed E-state index contributed by atoms with van der Waals surface area (Å²) in [6.45, 7) is 11.6. The lowest BCUT2D eigenvalue weighted by Crippen LogP contribution is -2.27. The van der Waals surface area contributed by atoms with Gasteiger partial charge in [0.2, 0.25) is 0 Å². The Hall–Kier alpha value is -4.20. The SMILES string of the molecule is CC.CCCC(CCC=O)n1cc(-c2ccc(Oc3ccccc3)cc2)c2c(NC(=O)OC(C)(C)C)ncnc21. The van der Waals surface area contributed by atoms with Gasteiger partial charge in [-0.15, -0.1) is 0 Å². The van der Waals surface area contributed by atoms with E-state index in [1.807, 2.05) is 95.4 Å². The molecular formula is C32H40N4O4. The molecule has 0 aliphatic carbocycles. The first kappa shape index (κ1) is 30.3. The second-order valence-electron chi connectivity index (χ2n) is 10.1. The molecule has 0 saturated heterocycles. The molecule has 1 amide bonds. The van der Waals surface area contributed by atoms with Gasteiger partial charge < -0.3 is 18.8 Å². The van der Waals surface area contributed by atoms with Crippen LogP contribution in [-0.2, 0) is 9.53 Å². The van der Waals surface area contributed by atoms with Crippen molar-refractivity contribution in [2.24, 2.45) is 0 Å². The third kappa shape index (κ3) is 7.91. The van der Waals surface area contributed by atoms with Gasteiger partial charge in [-0.3, -0.25) is 5.32 Å². The highest BCUT2D eigenvalue weighted by atomic mass is 16.6. The third-order valence-electron chi connectivity index (χ3n) is 6.01. The minimum atomic E-state index is -0.652. The lowest BCUT2D eigenvalue weighted by Gasteiger charge is -2.20. The maximum absolute atomic E-state index is 12.7. The van der Waals surface area contributed by atoms with Crippen LogP contribution in [-0.4, -0.2) is 32.5 Å². The number of fused-ring (bicyclic) bond motifs is 1. The first-order valence-corrected chi connectivity index (χ1v) is 13.9. The minimum Gasteiger partial charge on any atom is -0.457 e. The van der Waals surface area contributed by atoms with E-state index in [0.29, 0.717) is 35.4 Å². The normalized spacial score (nSPS) is 11.8. The zero-order chi connectivity index (χ0) is 29.1. The summed E-state index contributed by atoms with van der Waals surface area (Å²) in [7, 11) is 0. The van der Waals surface area contributed by atoms with Crippen molar-refractivity contribution in [3.8, 4) is 22.6 Å². The maximum atomic E-state index is 12.7. The van der Waals surface area contributed by atoms with Crippen LogP contribution in [0.15, 0.2) is 67.1 Å². The van der Waals surface area contributed by atoms with Gasteiger partial charge in [0.25, 0.3) is 0 Å². The van der Waals surface area contributed by atoms with E-state index in [9.17, 15) is 9.59 Å². The highest BCUT2D eigenvalue weighted by Crippen LogP contribution is 2.38. The molecule has 0 aliphatic heterocycles. The highest BCUT2D eigenvalue weighted by Gasteiger charge is 2.23. The van der Waals surface area contributed by atoms with Gasteiger partial charge in [-0.25, -0.2) is 14.8 Å². The maximum Gasteiger partial charge on any atom is 0.413 e. The number of aldehydes is 1. The molecule has 1 atom stereocenters. The van der Waals surface area contributed by atoms with E-state index in [1.165, 1.54) is 6.33 Å². The van der Waals surface area contributed by atoms with Crippen molar-refractivity contribution in [2.45, 2.75) is 78.9 Å². The van der Waals surface area contributed by atoms with Crippen molar-refractivity contribution in [3.05, 3.63) is 67.1 Å². The number of carbonyl (C=O) groups is 2. The number of carbonyl (C=O) groups excluding carboxylic acids is 2. The average molecular weight is 545 g/mol. The standard InChI is InChI=1S/C30H34N4O4.C2H6/c1-5-10-22(11-9-18-35)34-19-25(21-14-16-24(17-15-21)37-23-12-7-6-8-13-23)26-27(31-20-32-28(26)34)33-29(36)38-30(2,3)4;1-2/h6-8,12-20,22H,5,9-11H2,1-4H3,(H,31,32,33,36);1-2H3. The van der Waals surface area contributed by atoms with Gasteiger partial charge >= 0.3 is 6.09 Å². The van der Waals surface area contributed by atoms with Crippen LogP contribution in [0.5, 0.6) is 11.5 Å². The lowest BCUT2D eigenvalue weighted by molar-refractivity contribution is -0.108. The number of amides is 1. The van der Waals surface area contributed by atoms with E-state index >= 15 is 0 Å². The number of hydrogen-bond acceptors (Lipinski definition) is 6. The monoisotopic (exact) mass is 544 g/mol. The van der Waals surface area contributed by atoms with E-state index in [2.05, 4.69) is 26.8 Å². The summed E-state index contributed by atoms with van der Waals surface area (Å²) >= 11 is 0. The van der Waals surface area contributed by atoms with E-state index in [4.69, 9.17) is 9.47 Å². The van der Waals surface area contributed by atoms with Crippen LogP contribution in [0.4, 0.5) is 10.6 Å². The van der Waals surface area contributed by atoms with Gasteiger partial charge in [0.15, 0.2) is 0 Å². The summed E-state index contributed by atoms with van der Waals surface area (Å²) in [4.78, 5) is 32.8. The van der Waals surface area contributed by atoms with Crippen LogP contribution in [0.3, 0.4) is 0 Å². The van der Waals surface area contributed by atoms with E-state index in [1.54, 1.807) is 0 Å². The van der Waals surface area contributed by atoms with Crippen LogP contribution in [0, 0.1) is 0 Å². The van der Waals surface area contributed by atoms with Crippen LogP contribution >= 0.6 is 0 Å². The molecule has 8 heteroatoms. The van der Waals surface area contributed by atoms with Crippen molar-refractivity contribution in [1.82, 2.24) is 14.5 Å². The molecule has 0 radical (unpaired) electrons.